The molecule has 1 aromatic carbocycles. The number of benzene rings is 1. The number of nitrogens with zero attached hydrogens (tertiary/aromatic N) is 2. The molecular weight excluding hydrogens is 422 g/mol. The second-order valence-electron chi connectivity index (χ2n) is 4.93. The van der Waals surface area contributed by atoms with Crippen LogP contribution in [0.25, 0.3) is 10.9 Å². The Labute approximate surface area is 150 Å². The second-order valence-corrected chi connectivity index (χ2v) is 5.77. The van der Waals surface area contributed by atoms with E-state index in [2.05, 4.69) is 20.2 Å². The number of aromatic nitrogens is 1. The Balaban J connectivity index is 0.00000161. The van der Waals surface area contributed by atoms with Crippen molar-refractivity contribution in [3.8, 4) is 0 Å². The molecule has 2 N–H and O–H groups in total. The van der Waals surface area contributed by atoms with Gasteiger partial charge in [0, 0.05) is 42.3 Å². The van der Waals surface area contributed by atoms with Crippen LogP contribution >= 0.6 is 47.2 Å². The van der Waals surface area contributed by atoms with E-state index in [0.717, 1.165) is 42.9 Å². The van der Waals surface area contributed by atoms with Crippen molar-refractivity contribution in [1.29, 1.82) is 0 Å². The number of guanidine groups is 1. The average Bonchev–Trinajstić information content (AvgIpc) is 2.97. The highest BCUT2D eigenvalue weighted by atomic mass is 127. The minimum absolute atomic E-state index is 0. The first-order valence-electron chi connectivity index (χ1n) is 6.59. The van der Waals surface area contributed by atoms with Crippen molar-refractivity contribution in [3.63, 3.8) is 0 Å². The zero-order chi connectivity index (χ0) is 14.1. The maximum absolute atomic E-state index is 6.28. The maximum Gasteiger partial charge on any atom is 0.193 e. The van der Waals surface area contributed by atoms with E-state index in [9.17, 15) is 0 Å². The molecule has 0 unspecified atom stereocenters. The minimum Gasteiger partial charge on any atom is -0.361 e. The zero-order valence-corrected chi connectivity index (χ0v) is 15.5. The summed E-state index contributed by atoms with van der Waals surface area (Å²) in [6.45, 7) is 2.69. The molecule has 7 heteroatoms. The lowest BCUT2D eigenvalue weighted by Crippen LogP contribution is -2.36. The lowest BCUT2D eigenvalue weighted by Gasteiger charge is -2.14. The molecule has 0 aliphatic carbocycles. The van der Waals surface area contributed by atoms with Gasteiger partial charge >= 0.3 is 0 Å². The Morgan fingerprint density at radius 3 is 2.90 bits per heavy atom. The third kappa shape index (κ3) is 3.57. The van der Waals surface area contributed by atoms with E-state index >= 15 is 0 Å². The average molecular weight is 439 g/mol. The molecule has 2 heterocycles. The Morgan fingerprint density at radius 2 is 2.19 bits per heavy atom. The molecule has 114 valence electrons. The fraction of sp³-hybridized carbons (Fsp3) is 0.357. The van der Waals surface area contributed by atoms with Crippen LogP contribution < -0.4 is 5.32 Å². The van der Waals surface area contributed by atoms with Crippen LogP contribution in [-0.2, 0) is 6.42 Å². The van der Waals surface area contributed by atoms with E-state index in [0.29, 0.717) is 10.0 Å². The summed E-state index contributed by atoms with van der Waals surface area (Å²) in [5.74, 6) is 0.971. The number of H-pyrrole nitrogens is 1. The largest absolute Gasteiger partial charge is 0.361 e. The predicted octanol–water partition coefficient (Wildman–Crippen LogP) is 3.53. The van der Waals surface area contributed by atoms with Crippen LogP contribution in [0.3, 0.4) is 0 Å². The van der Waals surface area contributed by atoms with Crippen molar-refractivity contribution in [2.24, 2.45) is 4.99 Å². The minimum atomic E-state index is 0. The molecule has 0 atom stereocenters. The van der Waals surface area contributed by atoms with Crippen molar-refractivity contribution < 1.29 is 0 Å². The molecule has 1 aliphatic heterocycles. The van der Waals surface area contributed by atoms with Gasteiger partial charge in [0.2, 0.25) is 0 Å². The molecular formula is C14H17Cl2IN4. The standard InChI is InChI=1S/C14H16Cl2N4.HI/c1-20-5-4-18-14(20)17-3-2-9-8-19-12-7-10(15)6-11(16)13(9)12;/h6-8,19H,2-5H2,1H3,(H,17,18);1H. The number of halogens is 3. The van der Waals surface area contributed by atoms with Crippen LogP contribution in [0.5, 0.6) is 0 Å². The summed E-state index contributed by atoms with van der Waals surface area (Å²) in [5, 5.41) is 5.76. The number of aromatic amines is 1. The van der Waals surface area contributed by atoms with Crippen LogP contribution in [0.15, 0.2) is 23.3 Å². The van der Waals surface area contributed by atoms with Crippen molar-refractivity contribution in [2.75, 3.05) is 26.7 Å². The fourth-order valence-corrected chi connectivity index (χ4v) is 3.10. The van der Waals surface area contributed by atoms with Gasteiger partial charge in [-0.25, -0.2) is 0 Å². The SMILES string of the molecule is CN1CCN=C1NCCc1c[nH]c2cc(Cl)cc(Cl)c12.I. The highest BCUT2D eigenvalue weighted by Crippen LogP contribution is 2.30. The molecule has 0 saturated heterocycles. The van der Waals surface area contributed by atoms with Gasteiger partial charge < -0.3 is 15.2 Å². The molecule has 0 saturated carbocycles. The highest BCUT2D eigenvalue weighted by Gasteiger charge is 2.12. The number of likely N-dealkylation sites (N-methyl/N-ethyl adjacent to an activating group) is 1. The third-order valence-electron chi connectivity index (χ3n) is 3.51. The summed E-state index contributed by atoms with van der Waals surface area (Å²) < 4.78 is 0. The lowest BCUT2D eigenvalue weighted by molar-refractivity contribution is 0.534. The van der Waals surface area contributed by atoms with E-state index in [1.807, 2.05) is 19.3 Å². The molecule has 0 spiro atoms. The van der Waals surface area contributed by atoms with Gasteiger partial charge in [-0.1, -0.05) is 23.2 Å². The first-order valence-corrected chi connectivity index (χ1v) is 7.35. The maximum atomic E-state index is 6.28. The number of hydrogen-bond donors (Lipinski definition) is 2. The van der Waals surface area contributed by atoms with Gasteiger partial charge in [-0.3, -0.25) is 4.99 Å². The molecule has 0 radical (unpaired) electrons. The van der Waals surface area contributed by atoms with Crippen molar-refractivity contribution in [1.82, 2.24) is 15.2 Å². The topological polar surface area (TPSA) is 43.4 Å². The van der Waals surface area contributed by atoms with E-state index in [1.165, 1.54) is 5.56 Å². The lowest BCUT2D eigenvalue weighted by atomic mass is 10.1. The van der Waals surface area contributed by atoms with Crippen molar-refractivity contribution in [3.05, 3.63) is 33.9 Å². The molecule has 2 aromatic rings. The summed E-state index contributed by atoms with van der Waals surface area (Å²) in [6, 6.07) is 3.68. The normalized spacial score (nSPS) is 14.2. The molecule has 0 amide bonds. The first kappa shape index (κ1) is 16.7. The summed E-state index contributed by atoms with van der Waals surface area (Å²) in [4.78, 5) is 9.75. The summed E-state index contributed by atoms with van der Waals surface area (Å²) in [5.41, 5.74) is 2.17. The molecule has 0 bridgehead atoms. The van der Waals surface area contributed by atoms with Crippen LogP contribution in [0.4, 0.5) is 0 Å². The van der Waals surface area contributed by atoms with E-state index in [4.69, 9.17) is 23.2 Å². The summed E-state index contributed by atoms with van der Waals surface area (Å²) in [6.07, 6.45) is 2.88. The smallest absolute Gasteiger partial charge is 0.193 e. The number of aliphatic imine (C=N–C) groups is 1. The number of fused-ring (bicyclic) bond motifs is 1. The highest BCUT2D eigenvalue weighted by molar-refractivity contribution is 14.0. The molecule has 4 nitrogen and oxygen atoms in total. The van der Waals surface area contributed by atoms with Crippen LogP contribution in [0.2, 0.25) is 10.0 Å². The monoisotopic (exact) mass is 438 g/mol. The summed E-state index contributed by atoms with van der Waals surface area (Å²) >= 11 is 12.3. The molecule has 1 aromatic heterocycles. The van der Waals surface area contributed by atoms with Gasteiger partial charge in [0.05, 0.1) is 11.6 Å². The quantitative estimate of drug-likeness (QED) is 0.720. The first-order chi connectivity index (χ1) is 9.65. The van der Waals surface area contributed by atoms with Crippen LogP contribution in [0, 0.1) is 0 Å². The molecule has 0 fully saturated rings. The molecule has 3 rings (SSSR count). The predicted molar refractivity (Wildman–Crippen MR) is 100 cm³/mol. The van der Waals surface area contributed by atoms with Gasteiger partial charge in [-0.2, -0.15) is 0 Å². The number of hydrogen-bond acceptors (Lipinski definition) is 3. The van der Waals surface area contributed by atoms with E-state index < -0.39 is 0 Å². The van der Waals surface area contributed by atoms with Crippen molar-refractivity contribution in [2.45, 2.75) is 6.42 Å². The fourth-order valence-electron chi connectivity index (χ4n) is 2.48. The van der Waals surface area contributed by atoms with Crippen molar-refractivity contribution >= 4 is 64.0 Å². The number of rotatable bonds is 3. The number of nitrogens with one attached hydrogen (secondary N) is 2. The van der Waals surface area contributed by atoms with E-state index in [-0.39, 0.29) is 24.0 Å². The van der Waals surface area contributed by atoms with Crippen LogP contribution in [-0.4, -0.2) is 42.5 Å². The van der Waals surface area contributed by atoms with Crippen LogP contribution in [0.1, 0.15) is 5.56 Å². The van der Waals surface area contributed by atoms with Gasteiger partial charge in [0.25, 0.3) is 0 Å². The van der Waals surface area contributed by atoms with Gasteiger partial charge in [-0.05, 0) is 24.1 Å². The Morgan fingerprint density at radius 1 is 1.38 bits per heavy atom. The van der Waals surface area contributed by atoms with Gasteiger partial charge in [0.1, 0.15) is 0 Å². The van der Waals surface area contributed by atoms with E-state index in [1.54, 1.807) is 6.07 Å². The Hall–Kier alpha value is -0.660. The van der Waals surface area contributed by atoms with Gasteiger partial charge in [0.15, 0.2) is 5.96 Å². The molecule has 21 heavy (non-hydrogen) atoms. The zero-order valence-electron chi connectivity index (χ0n) is 11.6. The Bertz CT molecular complexity index is 668. The summed E-state index contributed by atoms with van der Waals surface area (Å²) in [7, 11) is 2.05. The second kappa shape index (κ2) is 7.07. The molecule has 1 aliphatic rings. The van der Waals surface area contributed by atoms with Gasteiger partial charge in [-0.15, -0.1) is 24.0 Å². The Kier molecular flexibility index (Phi) is 5.62. The third-order valence-corrected chi connectivity index (χ3v) is 4.03.